The molecule has 3 N–H and O–H groups in total. The molecule has 0 fully saturated rings. The summed E-state index contributed by atoms with van der Waals surface area (Å²) < 4.78 is 0. The Balaban J connectivity index is 2.91. The van der Waals surface area contributed by atoms with Crippen LogP contribution in [0.2, 0.25) is 0 Å². The van der Waals surface area contributed by atoms with Gasteiger partial charge in [0, 0.05) is 11.6 Å². The van der Waals surface area contributed by atoms with Crippen molar-refractivity contribution in [3.63, 3.8) is 0 Å². The van der Waals surface area contributed by atoms with E-state index in [0.717, 1.165) is 5.56 Å². The molecule has 0 amide bonds. The van der Waals surface area contributed by atoms with Crippen LogP contribution < -0.4 is 5.32 Å². The molecule has 2 unspecified atom stereocenters. The molecule has 0 aromatic heterocycles. The molecule has 0 radical (unpaired) electrons. The van der Waals surface area contributed by atoms with Crippen molar-refractivity contribution in [2.24, 2.45) is 5.92 Å². The second-order valence-electron chi connectivity index (χ2n) is 4.75. The van der Waals surface area contributed by atoms with Gasteiger partial charge in [0.25, 0.3) is 0 Å². The summed E-state index contributed by atoms with van der Waals surface area (Å²) in [5, 5.41) is 22.1. The number of aromatic hydroxyl groups is 1. The molecule has 0 spiro atoms. The highest BCUT2D eigenvalue weighted by Gasteiger charge is 2.25. The molecular weight excluding hydrogens is 230 g/mol. The van der Waals surface area contributed by atoms with E-state index in [4.69, 9.17) is 0 Å². The number of phenolic OH excluding ortho intramolecular Hbond substituents is 1. The minimum absolute atomic E-state index is 0.0117. The van der Waals surface area contributed by atoms with E-state index in [9.17, 15) is 15.0 Å². The second kappa shape index (κ2) is 6.40. The molecule has 0 bridgehead atoms. The number of carboxylic acid groups (broad SMARTS) is 1. The van der Waals surface area contributed by atoms with Gasteiger partial charge in [-0.1, -0.05) is 39.0 Å². The number of aliphatic carboxylic acids is 1. The van der Waals surface area contributed by atoms with Gasteiger partial charge < -0.3 is 10.2 Å². The summed E-state index contributed by atoms with van der Waals surface area (Å²) in [5.74, 6) is -0.675. The highest BCUT2D eigenvalue weighted by atomic mass is 16.4. The zero-order valence-corrected chi connectivity index (χ0v) is 11.1. The van der Waals surface area contributed by atoms with Crippen LogP contribution in [0.15, 0.2) is 24.3 Å². The molecule has 0 saturated heterocycles. The normalized spacial score (nSPS) is 14.4. The lowest BCUT2D eigenvalue weighted by atomic mass is 9.98. The molecule has 18 heavy (non-hydrogen) atoms. The zero-order valence-electron chi connectivity index (χ0n) is 11.1. The van der Waals surface area contributed by atoms with Crippen LogP contribution in [0.5, 0.6) is 5.75 Å². The van der Waals surface area contributed by atoms with Crippen LogP contribution in [-0.2, 0) is 4.79 Å². The highest BCUT2D eigenvalue weighted by molar-refractivity contribution is 5.73. The number of nitrogens with one attached hydrogen (secondary N) is 1. The largest absolute Gasteiger partial charge is 0.508 e. The zero-order chi connectivity index (χ0) is 13.7. The Morgan fingerprint density at radius 1 is 1.33 bits per heavy atom. The molecule has 1 aromatic carbocycles. The van der Waals surface area contributed by atoms with Crippen molar-refractivity contribution in [1.82, 2.24) is 5.32 Å². The number of rotatable bonds is 6. The van der Waals surface area contributed by atoms with E-state index >= 15 is 0 Å². The van der Waals surface area contributed by atoms with Crippen LogP contribution in [0.4, 0.5) is 0 Å². The van der Waals surface area contributed by atoms with Crippen LogP contribution in [0, 0.1) is 5.92 Å². The average molecular weight is 251 g/mol. The number of benzene rings is 1. The van der Waals surface area contributed by atoms with Crippen molar-refractivity contribution in [1.29, 1.82) is 0 Å². The molecule has 0 aliphatic heterocycles. The second-order valence-corrected chi connectivity index (χ2v) is 4.75. The first-order valence-electron chi connectivity index (χ1n) is 6.24. The molecule has 0 aliphatic rings. The van der Waals surface area contributed by atoms with Crippen molar-refractivity contribution in [2.45, 2.75) is 39.3 Å². The van der Waals surface area contributed by atoms with Crippen molar-refractivity contribution in [3.05, 3.63) is 29.8 Å². The summed E-state index contributed by atoms with van der Waals surface area (Å²) >= 11 is 0. The van der Waals surface area contributed by atoms with Gasteiger partial charge in [0.1, 0.15) is 11.8 Å². The number of carbonyl (C=O) groups is 1. The maximum Gasteiger partial charge on any atom is 0.320 e. The minimum Gasteiger partial charge on any atom is -0.508 e. The first-order chi connectivity index (χ1) is 8.47. The van der Waals surface area contributed by atoms with E-state index in [2.05, 4.69) is 5.32 Å². The fourth-order valence-corrected chi connectivity index (χ4v) is 1.98. The Labute approximate surface area is 108 Å². The minimum atomic E-state index is -0.862. The molecule has 4 heteroatoms. The predicted molar refractivity (Wildman–Crippen MR) is 70.5 cm³/mol. The molecule has 1 aromatic rings. The Morgan fingerprint density at radius 3 is 2.39 bits per heavy atom. The van der Waals surface area contributed by atoms with Gasteiger partial charge in [-0.25, -0.2) is 0 Å². The van der Waals surface area contributed by atoms with Gasteiger partial charge in [-0.05, 0) is 18.4 Å². The third kappa shape index (κ3) is 3.47. The predicted octanol–water partition coefficient (Wildman–Crippen LogP) is 2.54. The van der Waals surface area contributed by atoms with Crippen molar-refractivity contribution in [2.75, 3.05) is 0 Å². The summed E-state index contributed by atoms with van der Waals surface area (Å²) in [4.78, 5) is 11.2. The molecule has 0 heterocycles. The van der Waals surface area contributed by atoms with Crippen LogP contribution in [-0.4, -0.2) is 22.2 Å². The number of hydrogen-bond acceptors (Lipinski definition) is 3. The number of para-hydroxylation sites is 1. The van der Waals surface area contributed by atoms with E-state index < -0.39 is 12.0 Å². The Morgan fingerprint density at radius 2 is 1.94 bits per heavy atom. The van der Waals surface area contributed by atoms with Crippen molar-refractivity contribution < 1.29 is 15.0 Å². The highest BCUT2D eigenvalue weighted by Crippen LogP contribution is 2.26. The van der Waals surface area contributed by atoms with Gasteiger partial charge in [0.2, 0.25) is 0 Å². The summed E-state index contributed by atoms with van der Waals surface area (Å²) in [6.07, 6.45) is 0.716. The smallest absolute Gasteiger partial charge is 0.320 e. The first-order valence-corrected chi connectivity index (χ1v) is 6.24. The van der Waals surface area contributed by atoms with Gasteiger partial charge in [-0.3, -0.25) is 10.1 Å². The number of carboxylic acids is 1. The number of phenols is 1. The Hall–Kier alpha value is -1.55. The monoisotopic (exact) mass is 251 g/mol. The quantitative estimate of drug-likeness (QED) is 0.726. The van der Waals surface area contributed by atoms with E-state index in [1.807, 2.05) is 32.9 Å². The maximum atomic E-state index is 11.2. The molecular formula is C14H21NO3. The topological polar surface area (TPSA) is 69.6 Å². The summed E-state index contributed by atoms with van der Waals surface area (Å²) in [6, 6.07) is 6.25. The maximum absolute atomic E-state index is 11.2. The van der Waals surface area contributed by atoms with E-state index in [-0.39, 0.29) is 17.7 Å². The molecule has 4 nitrogen and oxygen atoms in total. The van der Waals surface area contributed by atoms with Gasteiger partial charge >= 0.3 is 5.97 Å². The summed E-state index contributed by atoms with van der Waals surface area (Å²) in [6.45, 7) is 5.69. The van der Waals surface area contributed by atoms with Crippen LogP contribution in [0.1, 0.15) is 38.8 Å². The lowest BCUT2D eigenvalue weighted by Gasteiger charge is -2.25. The molecule has 100 valence electrons. The molecule has 0 saturated carbocycles. The van der Waals surface area contributed by atoms with Gasteiger partial charge in [0.15, 0.2) is 0 Å². The van der Waals surface area contributed by atoms with Crippen molar-refractivity contribution in [3.8, 4) is 5.75 Å². The third-order valence-electron chi connectivity index (χ3n) is 3.03. The van der Waals surface area contributed by atoms with Gasteiger partial charge in [-0.2, -0.15) is 0 Å². The first kappa shape index (κ1) is 14.5. The van der Waals surface area contributed by atoms with Gasteiger partial charge in [0.05, 0.1) is 0 Å². The molecule has 1 rings (SSSR count). The molecule has 0 aliphatic carbocycles. The lowest BCUT2D eigenvalue weighted by molar-refractivity contribution is -0.140. The van der Waals surface area contributed by atoms with Crippen LogP contribution in [0.3, 0.4) is 0 Å². The van der Waals surface area contributed by atoms with Crippen LogP contribution in [0.25, 0.3) is 0 Å². The summed E-state index contributed by atoms with van der Waals surface area (Å²) in [7, 11) is 0. The number of hydrogen-bond donors (Lipinski definition) is 3. The fourth-order valence-electron chi connectivity index (χ4n) is 1.98. The van der Waals surface area contributed by atoms with E-state index in [1.54, 1.807) is 12.1 Å². The molecule has 2 atom stereocenters. The fraction of sp³-hybridized carbons (Fsp3) is 0.500. The summed E-state index contributed by atoms with van der Waals surface area (Å²) in [5.41, 5.74) is 0.743. The van der Waals surface area contributed by atoms with E-state index in [1.165, 1.54) is 0 Å². The Bertz CT molecular complexity index is 404. The standard InChI is InChI=1S/C14H21NO3/c1-4-11(10-7-5-6-8-12(10)16)15-13(9(2)3)14(17)18/h5-9,11,13,15-16H,4H2,1-3H3,(H,17,18). The van der Waals surface area contributed by atoms with Crippen molar-refractivity contribution >= 4 is 5.97 Å². The average Bonchev–Trinajstić information content (AvgIpc) is 2.31. The SMILES string of the molecule is CCC(NC(C(=O)O)C(C)C)c1ccccc1O. The lowest BCUT2D eigenvalue weighted by Crippen LogP contribution is -2.42. The third-order valence-corrected chi connectivity index (χ3v) is 3.03. The Kier molecular flexibility index (Phi) is 5.16. The van der Waals surface area contributed by atoms with Gasteiger partial charge in [-0.15, -0.1) is 0 Å². The van der Waals surface area contributed by atoms with E-state index in [0.29, 0.717) is 6.42 Å². The van der Waals surface area contributed by atoms with Crippen LogP contribution >= 0.6 is 0 Å².